The van der Waals surface area contributed by atoms with E-state index in [0.29, 0.717) is 0 Å². The molecule has 1 heterocycles. The predicted octanol–water partition coefficient (Wildman–Crippen LogP) is 0.495. The summed E-state index contributed by atoms with van der Waals surface area (Å²) < 4.78 is 26.6. The zero-order valence-electron chi connectivity index (χ0n) is 12.5. The Balaban J connectivity index is 2.06. The second kappa shape index (κ2) is 7.56. The molecule has 132 valence electrons. The number of carbonyl (C=O) groups is 2. The number of nitrogens with zero attached hydrogens (tertiary/aromatic N) is 2. The van der Waals surface area contributed by atoms with Gasteiger partial charge < -0.3 is 16.0 Å². The van der Waals surface area contributed by atoms with Crippen molar-refractivity contribution in [3.63, 3.8) is 0 Å². The Morgan fingerprint density at radius 2 is 1.67 bits per heavy atom. The summed E-state index contributed by atoms with van der Waals surface area (Å²) in [5.74, 6) is -0.332. The van der Waals surface area contributed by atoms with Gasteiger partial charge in [0.2, 0.25) is 15.9 Å². The third kappa shape index (κ3) is 4.10. The molecule has 3 N–H and O–H groups in total. The number of carbonyl (C=O) groups excluding carboxylic acids is 2. The normalized spacial score (nSPS) is 16.0. The Labute approximate surface area is 149 Å². The van der Waals surface area contributed by atoms with E-state index >= 15 is 0 Å². The number of primary amides is 1. The first-order valence-corrected chi connectivity index (χ1v) is 9.18. The molecule has 0 radical (unpaired) electrons. The second-order valence-electron chi connectivity index (χ2n) is 5.05. The van der Waals surface area contributed by atoms with E-state index in [-0.39, 0.29) is 53.6 Å². The van der Waals surface area contributed by atoms with Crippen molar-refractivity contribution in [3.8, 4) is 0 Å². The third-order valence-electron chi connectivity index (χ3n) is 3.52. The summed E-state index contributed by atoms with van der Waals surface area (Å²) in [6.07, 6.45) is 0. The number of nitrogens with one attached hydrogen (secondary N) is 1. The number of halogens is 2. The van der Waals surface area contributed by atoms with Crippen molar-refractivity contribution >= 4 is 45.2 Å². The molecule has 0 spiro atoms. The van der Waals surface area contributed by atoms with E-state index in [0.717, 1.165) is 0 Å². The van der Waals surface area contributed by atoms with Crippen molar-refractivity contribution in [1.82, 2.24) is 14.5 Å². The fraction of sp³-hybridized carbons (Fsp3) is 0.385. The fourth-order valence-corrected chi connectivity index (χ4v) is 4.82. The molecule has 0 bridgehead atoms. The smallest absolute Gasteiger partial charge is 0.312 e. The van der Waals surface area contributed by atoms with Crippen LogP contribution in [0.1, 0.15) is 0 Å². The van der Waals surface area contributed by atoms with Gasteiger partial charge in [-0.05, 0) is 12.1 Å². The van der Waals surface area contributed by atoms with E-state index in [1.54, 1.807) is 6.07 Å². The first-order chi connectivity index (χ1) is 11.2. The molecule has 1 saturated heterocycles. The summed E-state index contributed by atoms with van der Waals surface area (Å²) >= 11 is 12.0. The minimum Gasteiger partial charge on any atom is -0.352 e. The molecule has 0 saturated carbocycles. The molecule has 1 fully saturated rings. The van der Waals surface area contributed by atoms with Gasteiger partial charge in [-0.25, -0.2) is 13.2 Å². The molecule has 2 rings (SSSR count). The zero-order chi connectivity index (χ0) is 17.9. The van der Waals surface area contributed by atoms with Crippen LogP contribution in [0.25, 0.3) is 0 Å². The van der Waals surface area contributed by atoms with E-state index < -0.39 is 16.1 Å². The van der Waals surface area contributed by atoms with Gasteiger partial charge in [-0.1, -0.05) is 29.3 Å². The summed E-state index contributed by atoms with van der Waals surface area (Å²) in [4.78, 5) is 23.8. The number of hydrogen-bond acceptors (Lipinski definition) is 4. The molecule has 0 atom stereocenters. The molecule has 3 amide bonds. The quantitative estimate of drug-likeness (QED) is 0.773. The molecule has 0 aliphatic carbocycles. The van der Waals surface area contributed by atoms with Crippen molar-refractivity contribution in [2.24, 2.45) is 5.73 Å². The maximum atomic E-state index is 12.7. The van der Waals surface area contributed by atoms with Crippen molar-refractivity contribution in [3.05, 3.63) is 28.2 Å². The number of amides is 3. The number of sulfonamides is 1. The number of rotatable bonds is 4. The minimum absolute atomic E-state index is 0.0478. The van der Waals surface area contributed by atoms with Gasteiger partial charge in [-0.2, -0.15) is 4.31 Å². The van der Waals surface area contributed by atoms with Gasteiger partial charge in [0.05, 0.1) is 16.6 Å². The molecule has 1 aromatic carbocycles. The number of urea groups is 1. The van der Waals surface area contributed by atoms with Crippen LogP contribution >= 0.6 is 23.2 Å². The van der Waals surface area contributed by atoms with Gasteiger partial charge in [0, 0.05) is 26.2 Å². The van der Waals surface area contributed by atoms with Crippen LogP contribution in [0.5, 0.6) is 0 Å². The SMILES string of the molecule is NC(=O)NCC(=O)N1CCN(S(=O)(=O)c2c(Cl)cccc2Cl)CC1. The topological polar surface area (TPSA) is 113 Å². The minimum atomic E-state index is -3.86. The van der Waals surface area contributed by atoms with Gasteiger partial charge in [0.25, 0.3) is 0 Å². The van der Waals surface area contributed by atoms with E-state index in [1.807, 2.05) is 0 Å². The van der Waals surface area contributed by atoms with E-state index in [2.05, 4.69) is 5.32 Å². The highest BCUT2D eigenvalue weighted by Gasteiger charge is 2.32. The highest BCUT2D eigenvalue weighted by molar-refractivity contribution is 7.89. The first kappa shape index (κ1) is 18.8. The highest BCUT2D eigenvalue weighted by Crippen LogP contribution is 2.31. The summed E-state index contributed by atoms with van der Waals surface area (Å²) in [5.41, 5.74) is 4.91. The Bertz CT molecular complexity index is 728. The van der Waals surface area contributed by atoms with E-state index in [9.17, 15) is 18.0 Å². The number of nitrogens with two attached hydrogens (primary N) is 1. The zero-order valence-corrected chi connectivity index (χ0v) is 14.9. The molecule has 8 nitrogen and oxygen atoms in total. The summed E-state index contributed by atoms with van der Waals surface area (Å²) in [7, 11) is -3.86. The van der Waals surface area contributed by atoms with Crippen LogP contribution in [0.4, 0.5) is 4.79 Å². The number of piperazine rings is 1. The average molecular weight is 395 g/mol. The molecule has 1 aliphatic rings. The molecule has 1 aromatic rings. The molecular formula is C13H16Cl2N4O4S. The van der Waals surface area contributed by atoms with Gasteiger partial charge in [0.15, 0.2) is 0 Å². The Hall–Kier alpha value is -1.55. The summed E-state index contributed by atoms with van der Waals surface area (Å²) in [6, 6.07) is 3.68. The molecule has 0 unspecified atom stereocenters. The van der Waals surface area contributed by atoms with Crippen LogP contribution in [0.3, 0.4) is 0 Å². The lowest BCUT2D eigenvalue weighted by atomic mass is 10.3. The summed E-state index contributed by atoms with van der Waals surface area (Å²) in [5, 5.41) is 2.30. The first-order valence-electron chi connectivity index (χ1n) is 6.98. The molecule has 0 aromatic heterocycles. The molecule has 24 heavy (non-hydrogen) atoms. The lowest BCUT2D eigenvalue weighted by molar-refractivity contribution is -0.131. The number of benzene rings is 1. The van der Waals surface area contributed by atoms with E-state index in [1.165, 1.54) is 21.3 Å². The maximum Gasteiger partial charge on any atom is 0.312 e. The Kier molecular flexibility index (Phi) is 5.92. The standard InChI is InChI=1S/C13H16Cl2N4O4S/c14-9-2-1-3-10(15)12(9)24(22,23)19-6-4-18(5-7-19)11(20)8-17-13(16)21/h1-3H,4-8H2,(H3,16,17,21). The van der Waals surface area contributed by atoms with Crippen LogP contribution in [-0.4, -0.2) is 62.3 Å². The molecular weight excluding hydrogens is 379 g/mol. The monoisotopic (exact) mass is 394 g/mol. The van der Waals surface area contributed by atoms with Crippen molar-refractivity contribution in [2.45, 2.75) is 4.90 Å². The van der Waals surface area contributed by atoms with Crippen molar-refractivity contribution in [1.29, 1.82) is 0 Å². The average Bonchev–Trinajstić information content (AvgIpc) is 2.52. The van der Waals surface area contributed by atoms with Gasteiger partial charge in [-0.3, -0.25) is 4.79 Å². The lowest BCUT2D eigenvalue weighted by Gasteiger charge is -2.34. The lowest BCUT2D eigenvalue weighted by Crippen LogP contribution is -2.52. The Morgan fingerprint density at radius 3 is 2.17 bits per heavy atom. The van der Waals surface area contributed by atoms with Crippen molar-refractivity contribution in [2.75, 3.05) is 32.7 Å². The molecule has 11 heteroatoms. The highest BCUT2D eigenvalue weighted by atomic mass is 35.5. The van der Waals surface area contributed by atoms with Gasteiger partial charge >= 0.3 is 6.03 Å². The van der Waals surface area contributed by atoms with Crippen LogP contribution < -0.4 is 11.1 Å². The second-order valence-corrected chi connectivity index (χ2v) is 7.74. The third-order valence-corrected chi connectivity index (χ3v) is 6.38. The maximum absolute atomic E-state index is 12.7. The fourth-order valence-electron chi connectivity index (χ4n) is 2.31. The molecule has 1 aliphatic heterocycles. The van der Waals surface area contributed by atoms with E-state index in [4.69, 9.17) is 28.9 Å². The van der Waals surface area contributed by atoms with Crippen LogP contribution in [0.2, 0.25) is 10.0 Å². The number of hydrogen-bond donors (Lipinski definition) is 2. The largest absolute Gasteiger partial charge is 0.352 e. The van der Waals surface area contributed by atoms with Gasteiger partial charge in [-0.15, -0.1) is 0 Å². The Morgan fingerprint density at radius 1 is 1.12 bits per heavy atom. The van der Waals surface area contributed by atoms with Crippen LogP contribution in [-0.2, 0) is 14.8 Å². The van der Waals surface area contributed by atoms with Crippen molar-refractivity contribution < 1.29 is 18.0 Å². The van der Waals surface area contributed by atoms with Crippen LogP contribution in [0, 0.1) is 0 Å². The summed E-state index contributed by atoms with van der Waals surface area (Å²) in [6.45, 7) is 0.373. The van der Waals surface area contributed by atoms with Gasteiger partial charge in [0.1, 0.15) is 4.90 Å². The van der Waals surface area contributed by atoms with Crippen LogP contribution in [0.15, 0.2) is 23.1 Å². The predicted molar refractivity (Wildman–Crippen MR) is 89.4 cm³/mol.